The molecule has 7 nitrogen and oxygen atoms in total. The van der Waals surface area contributed by atoms with Crippen LogP contribution in [-0.4, -0.2) is 34.9 Å². The Bertz CT molecular complexity index is 890. The molecule has 0 bridgehead atoms. The van der Waals surface area contributed by atoms with Crippen molar-refractivity contribution in [2.24, 2.45) is 5.92 Å². The van der Waals surface area contributed by atoms with E-state index in [9.17, 15) is 22.8 Å². The topological polar surface area (TPSA) is 96.0 Å². The summed E-state index contributed by atoms with van der Waals surface area (Å²) in [4.78, 5) is 31.5. The molecule has 0 spiro atoms. The van der Waals surface area contributed by atoms with Gasteiger partial charge in [0.1, 0.15) is 11.6 Å². The summed E-state index contributed by atoms with van der Waals surface area (Å²) in [6.45, 7) is 3.81. The van der Waals surface area contributed by atoms with Crippen LogP contribution >= 0.6 is 11.6 Å². The predicted molar refractivity (Wildman–Crippen MR) is 103 cm³/mol. The molecule has 2 heterocycles. The SMILES string of the molecule is CC(C)C(=O)Nc1cc(C(=O)NCCNc2ncc(C(F)(F)F)cc2Cl)ccn1. The highest BCUT2D eigenvalue weighted by Crippen LogP contribution is 2.32. The van der Waals surface area contributed by atoms with Crippen molar-refractivity contribution in [1.29, 1.82) is 0 Å². The van der Waals surface area contributed by atoms with Gasteiger partial charge in [0, 0.05) is 37.0 Å². The number of nitrogens with one attached hydrogen (secondary N) is 3. The Hall–Kier alpha value is -2.88. The van der Waals surface area contributed by atoms with E-state index in [0.29, 0.717) is 11.8 Å². The van der Waals surface area contributed by atoms with Crippen molar-refractivity contribution < 1.29 is 22.8 Å². The fourth-order valence-electron chi connectivity index (χ4n) is 2.09. The van der Waals surface area contributed by atoms with Gasteiger partial charge in [-0.3, -0.25) is 9.59 Å². The minimum Gasteiger partial charge on any atom is -0.367 e. The number of rotatable bonds is 7. The van der Waals surface area contributed by atoms with E-state index >= 15 is 0 Å². The van der Waals surface area contributed by atoms with Crippen molar-refractivity contribution in [2.45, 2.75) is 20.0 Å². The summed E-state index contributed by atoms with van der Waals surface area (Å²) in [7, 11) is 0. The summed E-state index contributed by atoms with van der Waals surface area (Å²) in [5.74, 6) is -0.515. The Morgan fingerprint density at radius 3 is 2.52 bits per heavy atom. The van der Waals surface area contributed by atoms with Gasteiger partial charge in [0.25, 0.3) is 5.91 Å². The molecule has 0 atom stereocenters. The van der Waals surface area contributed by atoms with Gasteiger partial charge < -0.3 is 16.0 Å². The summed E-state index contributed by atoms with van der Waals surface area (Å²) in [6, 6.07) is 3.71. The standard InChI is InChI=1S/C18H19ClF3N5O2/c1-10(2)16(28)27-14-7-11(3-4-23-14)17(29)25-6-5-24-15-13(19)8-12(9-26-15)18(20,21)22/h3-4,7-10H,5-6H2,1-2H3,(H,24,26)(H,25,29)(H,23,27,28). The Balaban J connectivity index is 1.87. The molecule has 3 N–H and O–H groups in total. The average Bonchev–Trinajstić information content (AvgIpc) is 2.65. The second kappa shape index (κ2) is 9.55. The van der Waals surface area contributed by atoms with Crippen LogP contribution in [0.15, 0.2) is 30.6 Å². The van der Waals surface area contributed by atoms with Gasteiger partial charge in [0.15, 0.2) is 0 Å². The number of amides is 2. The van der Waals surface area contributed by atoms with Crippen LogP contribution in [0.25, 0.3) is 0 Å². The Kier molecular flexibility index (Phi) is 7.38. The molecule has 0 aromatic carbocycles. The van der Waals surface area contributed by atoms with Crippen molar-refractivity contribution in [1.82, 2.24) is 15.3 Å². The summed E-state index contributed by atoms with van der Waals surface area (Å²) in [5.41, 5.74) is -0.649. The van der Waals surface area contributed by atoms with Crippen molar-refractivity contribution in [2.75, 3.05) is 23.7 Å². The summed E-state index contributed by atoms with van der Waals surface area (Å²) < 4.78 is 37.8. The number of nitrogens with zero attached hydrogens (tertiary/aromatic N) is 2. The lowest BCUT2D eigenvalue weighted by Crippen LogP contribution is -2.29. The van der Waals surface area contributed by atoms with Crippen molar-refractivity contribution in [3.8, 4) is 0 Å². The Morgan fingerprint density at radius 2 is 1.90 bits per heavy atom. The fourth-order valence-corrected chi connectivity index (χ4v) is 2.33. The van der Waals surface area contributed by atoms with Gasteiger partial charge >= 0.3 is 6.18 Å². The number of anilines is 2. The quantitative estimate of drug-likeness (QED) is 0.584. The van der Waals surface area contributed by atoms with Gasteiger partial charge in [-0.15, -0.1) is 0 Å². The molecule has 156 valence electrons. The van der Waals surface area contributed by atoms with Crippen LogP contribution in [0.1, 0.15) is 29.8 Å². The van der Waals surface area contributed by atoms with Crippen LogP contribution in [0.2, 0.25) is 5.02 Å². The molecule has 0 unspecified atom stereocenters. The number of carbonyl (C=O) groups excluding carboxylic acids is 2. The van der Waals surface area contributed by atoms with E-state index in [-0.39, 0.29) is 41.6 Å². The molecule has 0 radical (unpaired) electrons. The maximum Gasteiger partial charge on any atom is 0.417 e. The minimum absolute atomic E-state index is 0.0801. The second-order valence-electron chi connectivity index (χ2n) is 6.31. The van der Waals surface area contributed by atoms with E-state index < -0.39 is 17.6 Å². The van der Waals surface area contributed by atoms with E-state index in [4.69, 9.17) is 11.6 Å². The smallest absolute Gasteiger partial charge is 0.367 e. The minimum atomic E-state index is -4.53. The first-order valence-electron chi connectivity index (χ1n) is 8.59. The summed E-state index contributed by atoms with van der Waals surface area (Å²) in [5, 5.41) is 7.81. The largest absolute Gasteiger partial charge is 0.417 e. The van der Waals surface area contributed by atoms with Gasteiger partial charge in [-0.2, -0.15) is 13.2 Å². The Morgan fingerprint density at radius 1 is 1.17 bits per heavy atom. The molecule has 2 amide bonds. The molecular weight excluding hydrogens is 411 g/mol. The van der Waals surface area contributed by atoms with E-state index in [1.807, 2.05) is 0 Å². The normalized spacial score (nSPS) is 11.3. The third-order valence-corrected chi connectivity index (χ3v) is 3.96. The first-order chi connectivity index (χ1) is 13.6. The zero-order chi connectivity index (χ0) is 21.6. The first kappa shape index (κ1) is 22.4. The van der Waals surface area contributed by atoms with Crippen molar-refractivity contribution in [3.05, 3.63) is 46.7 Å². The highest BCUT2D eigenvalue weighted by Gasteiger charge is 2.31. The zero-order valence-corrected chi connectivity index (χ0v) is 16.4. The molecular formula is C18H19ClF3N5O2. The predicted octanol–water partition coefficient (Wildman–Crippen LogP) is 3.59. The lowest BCUT2D eigenvalue weighted by Gasteiger charge is -2.11. The van der Waals surface area contributed by atoms with Crippen molar-refractivity contribution in [3.63, 3.8) is 0 Å². The van der Waals surface area contributed by atoms with Crippen LogP contribution in [0.3, 0.4) is 0 Å². The third kappa shape index (κ3) is 6.60. The number of alkyl halides is 3. The molecule has 2 rings (SSSR count). The van der Waals surface area contributed by atoms with Crippen LogP contribution in [-0.2, 0) is 11.0 Å². The van der Waals surface area contributed by atoms with E-state index in [1.54, 1.807) is 13.8 Å². The maximum absolute atomic E-state index is 12.6. The number of pyridine rings is 2. The van der Waals surface area contributed by atoms with Gasteiger partial charge in [0.05, 0.1) is 10.6 Å². The molecule has 0 aliphatic carbocycles. The first-order valence-corrected chi connectivity index (χ1v) is 8.97. The molecule has 0 aliphatic rings. The van der Waals surface area contributed by atoms with Crippen LogP contribution < -0.4 is 16.0 Å². The second-order valence-corrected chi connectivity index (χ2v) is 6.72. The van der Waals surface area contributed by atoms with E-state index in [2.05, 4.69) is 25.9 Å². The number of aromatic nitrogens is 2. The van der Waals surface area contributed by atoms with Crippen LogP contribution in [0.4, 0.5) is 24.8 Å². The van der Waals surface area contributed by atoms with Gasteiger partial charge in [-0.05, 0) is 18.2 Å². The molecule has 2 aromatic heterocycles. The van der Waals surface area contributed by atoms with Crippen LogP contribution in [0, 0.1) is 5.92 Å². The number of halogens is 4. The fraction of sp³-hybridized carbons (Fsp3) is 0.333. The molecule has 2 aromatic rings. The molecule has 0 saturated carbocycles. The number of hydrogen-bond donors (Lipinski definition) is 3. The molecule has 0 saturated heterocycles. The monoisotopic (exact) mass is 429 g/mol. The third-order valence-electron chi connectivity index (χ3n) is 3.67. The van der Waals surface area contributed by atoms with Gasteiger partial charge in [0.2, 0.25) is 5.91 Å². The molecule has 11 heteroatoms. The summed E-state index contributed by atoms with van der Waals surface area (Å²) >= 11 is 5.80. The lowest BCUT2D eigenvalue weighted by atomic mass is 10.2. The zero-order valence-electron chi connectivity index (χ0n) is 15.6. The van der Waals surface area contributed by atoms with E-state index in [1.165, 1.54) is 18.3 Å². The Labute approximate surface area is 170 Å². The highest BCUT2D eigenvalue weighted by molar-refractivity contribution is 6.32. The van der Waals surface area contributed by atoms with Gasteiger partial charge in [-0.1, -0.05) is 25.4 Å². The average molecular weight is 430 g/mol. The maximum atomic E-state index is 12.6. The molecule has 0 fully saturated rings. The highest BCUT2D eigenvalue weighted by atomic mass is 35.5. The van der Waals surface area contributed by atoms with Gasteiger partial charge in [-0.25, -0.2) is 9.97 Å². The summed E-state index contributed by atoms with van der Waals surface area (Å²) in [6.07, 6.45) is -2.45. The lowest BCUT2D eigenvalue weighted by molar-refractivity contribution is -0.137. The molecule has 0 aliphatic heterocycles. The molecule has 29 heavy (non-hydrogen) atoms. The van der Waals surface area contributed by atoms with E-state index in [0.717, 1.165) is 6.07 Å². The van der Waals surface area contributed by atoms with Crippen molar-refractivity contribution >= 4 is 35.1 Å². The number of hydrogen-bond acceptors (Lipinski definition) is 5. The number of carbonyl (C=O) groups is 2. The van der Waals surface area contributed by atoms with Crippen LogP contribution in [0.5, 0.6) is 0 Å².